The van der Waals surface area contributed by atoms with Crippen molar-refractivity contribution in [1.82, 2.24) is 24.6 Å². The average molecular weight is 557 g/mol. The minimum atomic E-state index is -0.585. The number of nitrogens with zero attached hydrogens (tertiary/aromatic N) is 3. The maximum Gasteiger partial charge on any atom is 0.325 e. The third kappa shape index (κ3) is 4.78. The highest BCUT2D eigenvalue weighted by Crippen LogP contribution is 2.55. The van der Waals surface area contributed by atoms with Gasteiger partial charge in [0.05, 0.1) is 28.5 Å². The average Bonchev–Trinajstić information content (AvgIpc) is 3.31. The Morgan fingerprint density at radius 3 is 2.74 bits per heavy atom. The summed E-state index contributed by atoms with van der Waals surface area (Å²) in [5, 5.41) is 8.21. The normalized spacial score (nSPS) is 21.4. The molecule has 6 rings (SSSR count). The summed E-state index contributed by atoms with van der Waals surface area (Å²) < 4.78 is 1.69. The molecule has 3 aliphatic rings. The lowest BCUT2D eigenvalue weighted by atomic mass is 9.86. The largest absolute Gasteiger partial charge is 0.330 e. The van der Waals surface area contributed by atoms with Crippen molar-refractivity contribution in [2.45, 2.75) is 51.1 Å². The van der Waals surface area contributed by atoms with E-state index in [9.17, 15) is 19.2 Å². The van der Waals surface area contributed by atoms with Gasteiger partial charge in [0.1, 0.15) is 6.04 Å². The summed E-state index contributed by atoms with van der Waals surface area (Å²) >= 11 is 12.1. The predicted octanol–water partition coefficient (Wildman–Crippen LogP) is 2.74. The first kappa shape index (κ1) is 24.9. The van der Waals surface area contributed by atoms with Crippen molar-refractivity contribution < 1.29 is 9.59 Å². The highest BCUT2D eigenvalue weighted by Gasteiger charge is 2.55. The van der Waals surface area contributed by atoms with Crippen LogP contribution in [-0.2, 0) is 29.0 Å². The molecule has 1 saturated carbocycles. The van der Waals surface area contributed by atoms with Gasteiger partial charge in [-0.1, -0.05) is 29.3 Å². The van der Waals surface area contributed by atoms with Gasteiger partial charge in [-0.05, 0) is 61.6 Å². The number of hydrogen-bond acceptors (Lipinski definition) is 5. The van der Waals surface area contributed by atoms with E-state index in [0.717, 1.165) is 18.4 Å². The molecule has 1 aliphatic heterocycles. The number of fused-ring (bicyclic) bond motifs is 1. The molecule has 38 heavy (non-hydrogen) atoms. The Morgan fingerprint density at radius 1 is 1.16 bits per heavy atom. The third-order valence-corrected chi connectivity index (χ3v) is 8.69. The van der Waals surface area contributed by atoms with Crippen LogP contribution in [-0.4, -0.2) is 49.0 Å². The van der Waals surface area contributed by atoms with E-state index in [0.29, 0.717) is 59.3 Å². The summed E-state index contributed by atoms with van der Waals surface area (Å²) in [7, 11) is 0. The monoisotopic (exact) mass is 556 g/mol. The molecule has 3 N–H and O–H groups in total. The first-order valence-corrected chi connectivity index (χ1v) is 13.4. The maximum absolute atomic E-state index is 13.7. The van der Waals surface area contributed by atoms with Crippen LogP contribution in [0.15, 0.2) is 40.2 Å². The number of nitrogens with one attached hydrogen (secondary N) is 3. The first-order chi connectivity index (χ1) is 18.2. The molecule has 2 amide bonds. The first-order valence-electron chi connectivity index (χ1n) is 12.6. The Labute approximate surface area is 227 Å². The summed E-state index contributed by atoms with van der Waals surface area (Å²) in [5.41, 5.74) is 1.52. The number of amides is 2. The van der Waals surface area contributed by atoms with Gasteiger partial charge in [0.2, 0.25) is 11.8 Å². The van der Waals surface area contributed by atoms with Crippen molar-refractivity contribution in [3.63, 3.8) is 0 Å². The smallest absolute Gasteiger partial charge is 0.325 e. The molecule has 1 unspecified atom stereocenters. The van der Waals surface area contributed by atoms with Crippen molar-refractivity contribution in [3.05, 3.63) is 78.3 Å². The second kappa shape index (κ2) is 9.43. The molecule has 3 heterocycles. The highest BCUT2D eigenvalue weighted by atomic mass is 35.5. The van der Waals surface area contributed by atoms with E-state index >= 15 is 0 Å². The molecule has 3 aromatic rings. The van der Waals surface area contributed by atoms with Gasteiger partial charge >= 0.3 is 5.69 Å². The van der Waals surface area contributed by atoms with E-state index in [1.807, 2.05) is 6.07 Å². The molecule has 12 heteroatoms. The lowest BCUT2D eigenvalue weighted by Gasteiger charge is -2.30. The van der Waals surface area contributed by atoms with Crippen LogP contribution in [0.25, 0.3) is 0 Å². The Hall–Kier alpha value is -3.37. The van der Waals surface area contributed by atoms with Gasteiger partial charge < -0.3 is 15.2 Å². The number of aryl methyl sites for hydroxylation is 1. The number of anilines is 1. The number of carbonyl (C=O) groups is 2. The number of rotatable bonds is 5. The van der Waals surface area contributed by atoms with Gasteiger partial charge in [-0.2, -0.15) is 5.10 Å². The fraction of sp³-hybridized carbons (Fsp3) is 0.423. The van der Waals surface area contributed by atoms with Gasteiger partial charge in [-0.3, -0.25) is 24.0 Å². The van der Waals surface area contributed by atoms with Crippen LogP contribution in [0.1, 0.15) is 42.5 Å². The zero-order valence-electron chi connectivity index (χ0n) is 20.4. The molecule has 2 aromatic heterocycles. The molecule has 2 fully saturated rings. The van der Waals surface area contributed by atoms with Crippen molar-refractivity contribution in [3.8, 4) is 0 Å². The molecule has 1 aromatic carbocycles. The number of carbonyl (C=O) groups excluding carboxylic acids is 2. The molecule has 1 saturated heterocycles. The zero-order valence-corrected chi connectivity index (χ0v) is 21.9. The fourth-order valence-corrected chi connectivity index (χ4v) is 6.05. The minimum Gasteiger partial charge on any atom is -0.330 e. The second-order valence-corrected chi connectivity index (χ2v) is 11.5. The van der Waals surface area contributed by atoms with Gasteiger partial charge in [0, 0.05) is 29.9 Å². The number of hydrogen-bond donors (Lipinski definition) is 3. The molecule has 1 spiro atoms. The lowest BCUT2D eigenvalue weighted by molar-refractivity contribution is -0.140. The quantitative estimate of drug-likeness (QED) is 0.444. The second-order valence-electron chi connectivity index (χ2n) is 10.7. The fourth-order valence-electron chi connectivity index (χ4n) is 5.73. The molecule has 198 valence electrons. The van der Waals surface area contributed by atoms with Crippen LogP contribution in [0.4, 0.5) is 5.69 Å². The number of aromatic amines is 2. The van der Waals surface area contributed by atoms with Crippen LogP contribution >= 0.6 is 23.2 Å². The van der Waals surface area contributed by atoms with E-state index in [1.165, 1.54) is 0 Å². The number of H-pyrrole nitrogens is 2. The Morgan fingerprint density at radius 2 is 1.97 bits per heavy atom. The predicted molar refractivity (Wildman–Crippen MR) is 141 cm³/mol. The molecule has 0 radical (unpaired) electrons. The van der Waals surface area contributed by atoms with E-state index in [4.69, 9.17) is 23.2 Å². The lowest BCUT2D eigenvalue weighted by Crippen LogP contribution is -2.47. The van der Waals surface area contributed by atoms with Crippen LogP contribution in [0.2, 0.25) is 10.0 Å². The van der Waals surface area contributed by atoms with Crippen LogP contribution in [0.3, 0.4) is 0 Å². The maximum atomic E-state index is 13.7. The van der Waals surface area contributed by atoms with Crippen LogP contribution in [0, 0.1) is 11.3 Å². The van der Waals surface area contributed by atoms with Crippen LogP contribution in [0.5, 0.6) is 0 Å². The number of aromatic nitrogens is 4. The van der Waals surface area contributed by atoms with E-state index < -0.39 is 23.2 Å². The number of benzene rings is 1. The van der Waals surface area contributed by atoms with Crippen molar-refractivity contribution in [1.29, 1.82) is 0 Å². The van der Waals surface area contributed by atoms with Crippen molar-refractivity contribution in [2.24, 2.45) is 11.3 Å². The third-order valence-electron chi connectivity index (χ3n) is 7.95. The van der Waals surface area contributed by atoms with E-state index in [2.05, 4.69) is 20.4 Å². The van der Waals surface area contributed by atoms with Gasteiger partial charge in [0.15, 0.2) is 0 Å². The van der Waals surface area contributed by atoms with E-state index in [1.54, 1.807) is 34.1 Å². The Balaban J connectivity index is 1.15. The SMILES string of the molecule is O=C(Nc1cnn(Cc2ccc(Cl)c(Cl)c2)c1)[C@H]1CC2(CC2)CN1C(=O)C1CCc2[nH]c(=O)[nH]c(=O)c2C1. The molecule has 2 atom stereocenters. The number of likely N-dealkylation sites (tertiary alicyclic amines) is 1. The molecule has 0 bridgehead atoms. The summed E-state index contributed by atoms with van der Waals surface area (Å²) in [6.07, 6.45) is 7.14. The molecule has 2 aliphatic carbocycles. The highest BCUT2D eigenvalue weighted by molar-refractivity contribution is 6.42. The minimum absolute atomic E-state index is 0.00494. The Kier molecular flexibility index (Phi) is 6.19. The summed E-state index contributed by atoms with van der Waals surface area (Å²) in [6.45, 7) is 1.00. The molecular formula is C26H26Cl2N6O4. The molecular weight excluding hydrogens is 531 g/mol. The van der Waals surface area contributed by atoms with E-state index in [-0.39, 0.29) is 23.7 Å². The molecule has 10 nitrogen and oxygen atoms in total. The van der Waals surface area contributed by atoms with Gasteiger partial charge in [0.25, 0.3) is 5.56 Å². The summed E-state index contributed by atoms with van der Waals surface area (Å²) in [6, 6.07) is 4.78. The topological polar surface area (TPSA) is 133 Å². The van der Waals surface area contributed by atoms with Crippen LogP contribution < -0.4 is 16.6 Å². The van der Waals surface area contributed by atoms with Crippen molar-refractivity contribution in [2.75, 3.05) is 11.9 Å². The summed E-state index contributed by atoms with van der Waals surface area (Å²) in [5.74, 6) is -0.761. The van der Waals surface area contributed by atoms with Gasteiger partial charge in [-0.25, -0.2) is 4.79 Å². The Bertz CT molecular complexity index is 1560. The standard InChI is InChI=1S/C26H26Cl2N6O4/c27-18-3-1-14(7-19(18)28)11-33-12-16(10-29-33)30-23(36)21-9-26(5-6-26)13-34(21)24(37)15-2-4-20-17(8-15)22(35)32-25(38)31-20/h1,3,7,10,12,15,21H,2,4-6,8-9,11,13H2,(H,30,36)(H2,31,32,35,38)/t15?,21-/m1/s1. The zero-order chi connectivity index (χ0) is 26.6. The number of halogens is 2. The van der Waals surface area contributed by atoms with Crippen molar-refractivity contribution >= 4 is 40.7 Å². The van der Waals surface area contributed by atoms with Gasteiger partial charge in [-0.15, -0.1) is 0 Å². The summed E-state index contributed by atoms with van der Waals surface area (Å²) in [4.78, 5) is 57.6.